The van der Waals surface area contributed by atoms with E-state index in [1.807, 2.05) is 4.52 Å². The molecule has 0 unspecified atom stereocenters. The van der Waals surface area contributed by atoms with Crippen molar-refractivity contribution in [2.45, 2.75) is 20.8 Å². The van der Waals surface area contributed by atoms with Gasteiger partial charge >= 0.3 is 0 Å². The first-order valence-electron chi connectivity index (χ1n) is 6.52. The van der Waals surface area contributed by atoms with E-state index in [0.717, 1.165) is 37.6 Å². The van der Waals surface area contributed by atoms with Gasteiger partial charge in [-0.25, -0.2) is 4.98 Å². The summed E-state index contributed by atoms with van der Waals surface area (Å²) in [6.45, 7) is 10.3. The molecule has 0 fully saturated rings. The lowest BCUT2D eigenvalue weighted by molar-refractivity contribution is 0.677. The predicted octanol–water partition coefficient (Wildman–Crippen LogP) is 1.47. The molecule has 1 N–H and O–H groups in total. The molecular formula is C13H21N5. The lowest BCUT2D eigenvalue weighted by atomic mass is 10.2. The summed E-state index contributed by atoms with van der Waals surface area (Å²) in [5.74, 6) is 1.11. The summed E-state index contributed by atoms with van der Waals surface area (Å²) in [4.78, 5) is 6.58. The number of rotatable bonds is 6. The Hall–Kier alpha value is -1.62. The summed E-state index contributed by atoms with van der Waals surface area (Å²) in [6.07, 6.45) is 1.61. The van der Waals surface area contributed by atoms with Crippen LogP contribution in [0.2, 0.25) is 0 Å². The standard InChI is InChI=1S/C13H21N5/c1-4-14-6-7-17(5-2)13-9-11(3)8-12-15-10-16-18(12)13/h8-10,14H,4-7H2,1-3H3. The quantitative estimate of drug-likeness (QED) is 0.785. The van der Waals surface area contributed by atoms with E-state index in [2.05, 4.69) is 53.2 Å². The minimum absolute atomic E-state index is 0.909. The van der Waals surface area contributed by atoms with Crippen LogP contribution in [0.1, 0.15) is 19.4 Å². The first kappa shape index (κ1) is 12.8. The maximum absolute atomic E-state index is 4.30. The van der Waals surface area contributed by atoms with Crippen molar-refractivity contribution in [3.8, 4) is 0 Å². The molecule has 0 aliphatic heterocycles. The summed E-state index contributed by atoms with van der Waals surface area (Å²) in [5.41, 5.74) is 2.12. The molecule has 0 aliphatic rings. The maximum Gasteiger partial charge on any atom is 0.157 e. The van der Waals surface area contributed by atoms with Crippen molar-refractivity contribution in [3.63, 3.8) is 0 Å². The highest BCUT2D eigenvalue weighted by atomic mass is 15.4. The van der Waals surface area contributed by atoms with Crippen LogP contribution in [0.25, 0.3) is 5.65 Å². The predicted molar refractivity (Wildman–Crippen MR) is 74.2 cm³/mol. The molecule has 0 saturated carbocycles. The number of aromatic nitrogens is 3. The molecule has 0 aromatic carbocycles. The summed E-state index contributed by atoms with van der Waals surface area (Å²) in [6, 6.07) is 4.21. The van der Waals surface area contributed by atoms with Gasteiger partial charge < -0.3 is 10.2 Å². The Bertz CT molecular complexity index is 505. The molecule has 98 valence electrons. The molecule has 0 bridgehead atoms. The van der Waals surface area contributed by atoms with Gasteiger partial charge in [-0.3, -0.25) is 0 Å². The van der Waals surface area contributed by atoms with E-state index >= 15 is 0 Å². The zero-order chi connectivity index (χ0) is 13.0. The molecule has 0 amide bonds. The number of aryl methyl sites for hydroxylation is 1. The Balaban J connectivity index is 2.28. The molecular weight excluding hydrogens is 226 g/mol. The van der Waals surface area contributed by atoms with Gasteiger partial charge in [0.1, 0.15) is 12.1 Å². The number of likely N-dealkylation sites (N-methyl/N-ethyl adjacent to an activating group) is 2. The second-order valence-electron chi connectivity index (χ2n) is 4.35. The number of anilines is 1. The van der Waals surface area contributed by atoms with E-state index in [-0.39, 0.29) is 0 Å². The van der Waals surface area contributed by atoms with Crippen LogP contribution in [0.3, 0.4) is 0 Å². The minimum Gasteiger partial charge on any atom is -0.355 e. The molecule has 5 nitrogen and oxygen atoms in total. The smallest absolute Gasteiger partial charge is 0.157 e. The molecule has 18 heavy (non-hydrogen) atoms. The monoisotopic (exact) mass is 247 g/mol. The number of nitrogens with zero attached hydrogens (tertiary/aromatic N) is 4. The molecule has 2 aromatic heterocycles. The third-order valence-corrected chi connectivity index (χ3v) is 3.02. The third-order valence-electron chi connectivity index (χ3n) is 3.02. The number of hydrogen-bond donors (Lipinski definition) is 1. The van der Waals surface area contributed by atoms with E-state index < -0.39 is 0 Å². The molecule has 0 aliphatic carbocycles. The van der Waals surface area contributed by atoms with Crippen molar-refractivity contribution in [2.24, 2.45) is 0 Å². The van der Waals surface area contributed by atoms with Crippen LogP contribution in [0.5, 0.6) is 0 Å². The first-order chi connectivity index (χ1) is 8.76. The summed E-state index contributed by atoms with van der Waals surface area (Å²) >= 11 is 0. The van der Waals surface area contributed by atoms with Gasteiger partial charge in [-0.2, -0.15) is 9.61 Å². The first-order valence-corrected chi connectivity index (χ1v) is 6.52. The highest BCUT2D eigenvalue weighted by Gasteiger charge is 2.10. The van der Waals surface area contributed by atoms with Crippen LogP contribution in [0, 0.1) is 6.92 Å². The highest BCUT2D eigenvalue weighted by molar-refractivity contribution is 5.52. The normalized spacial score (nSPS) is 11.1. The van der Waals surface area contributed by atoms with Gasteiger partial charge in [0.25, 0.3) is 0 Å². The third kappa shape index (κ3) is 2.61. The van der Waals surface area contributed by atoms with E-state index in [0.29, 0.717) is 0 Å². The maximum atomic E-state index is 4.30. The lowest BCUT2D eigenvalue weighted by Crippen LogP contribution is -2.33. The molecule has 2 rings (SSSR count). The van der Waals surface area contributed by atoms with Gasteiger partial charge in [0.05, 0.1) is 0 Å². The van der Waals surface area contributed by atoms with Crippen LogP contribution in [-0.2, 0) is 0 Å². The van der Waals surface area contributed by atoms with E-state index in [1.165, 1.54) is 5.56 Å². The summed E-state index contributed by atoms with van der Waals surface area (Å²) < 4.78 is 1.91. The van der Waals surface area contributed by atoms with E-state index in [1.54, 1.807) is 6.33 Å². The SMILES string of the molecule is CCNCCN(CC)c1cc(C)cc2ncnn12. The van der Waals surface area contributed by atoms with Crippen molar-refractivity contribution in [2.75, 3.05) is 31.1 Å². The fraction of sp³-hybridized carbons (Fsp3) is 0.538. The van der Waals surface area contributed by atoms with Gasteiger partial charge in [-0.05, 0) is 38.1 Å². The number of hydrogen-bond acceptors (Lipinski definition) is 4. The fourth-order valence-corrected chi connectivity index (χ4v) is 2.09. The zero-order valence-electron chi connectivity index (χ0n) is 11.3. The summed E-state index contributed by atoms with van der Waals surface area (Å²) in [5, 5.41) is 7.65. The average molecular weight is 247 g/mol. The van der Waals surface area contributed by atoms with Gasteiger partial charge in [-0.1, -0.05) is 6.92 Å². The Morgan fingerprint density at radius 1 is 1.33 bits per heavy atom. The zero-order valence-corrected chi connectivity index (χ0v) is 11.3. The van der Waals surface area contributed by atoms with Crippen molar-refractivity contribution < 1.29 is 0 Å². The number of nitrogens with one attached hydrogen (secondary N) is 1. The lowest BCUT2D eigenvalue weighted by Gasteiger charge is -2.23. The van der Waals surface area contributed by atoms with Crippen LogP contribution >= 0.6 is 0 Å². The topological polar surface area (TPSA) is 45.5 Å². The largest absolute Gasteiger partial charge is 0.355 e. The average Bonchev–Trinajstić information content (AvgIpc) is 2.82. The van der Waals surface area contributed by atoms with Crippen molar-refractivity contribution >= 4 is 11.5 Å². The molecule has 0 atom stereocenters. The van der Waals surface area contributed by atoms with E-state index in [9.17, 15) is 0 Å². The Kier molecular flexibility index (Phi) is 4.15. The van der Waals surface area contributed by atoms with Gasteiger partial charge in [0.15, 0.2) is 5.65 Å². The van der Waals surface area contributed by atoms with Crippen molar-refractivity contribution in [3.05, 3.63) is 24.0 Å². The van der Waals surface area contributed by atoms with Crippen molar-refractivity contribution in [1.82, 2.24) is 19.9 Å². The fourth-order valence-electron chi connectivity index (χ4n) is 2.09. The van der Waals surface area contributed by atoms with Crippen LogP contribution < -0.4 is 10.2 Å². The van der Waals surface area contributed by atoms with Crippen molar-refractivity contribution in [1.29, 1.82) is 0 Å². The Morgan fingerprint density at radius 3 is 2.89 bits per heavy atom. The highest BCUT2D eigenvalue weighted by Crippen LogP contribution is 2.17. The minimum atomic E-state index is 0.909. The van der Waals surface area contributed by atoms with Gasteiger partial charge in [0, 0.05) is 19.6 Å². The van der Waals surface area contributed by atoms with Crippen LogP contribution in [-0.4, -0.2) is 40.8 Å². The number of pyridine rings is 1. The van der Waals surface area contributed by atoms with E-state index in [4.69, 9.17) is 0 Å². The second-order valence-corrected chi connectivity index (χ2v) is 4.35. The van der Waals surface area contributed by atoms with Gasteiger partial charge in [-0.15, -0.1) is 0 Å². The summed E-state index contributed by atoms with van der Waals surface area (Å²) in [7, 11) is 0. The number of fused-ring (bicyclic) bond motifs is 1. The Labute approximate surface area is 108 Å². The Morgan fingerprint density at radius 2 is 2.17 bits per heavy atom. The molecule has 0 spiro atoms. The second kappa shape index (κ2) is 5.82. The van der Waals surface area contributed by atoms with Crippen LogP contribution in [0.4, 0.5) is 5.82 Å². The molecule has 2 aromatic rings. The van der Waals surface area contributed by atoms with Crippen LogP contribution in [0.15, 0.2) is 18.5 Å². The molecule has 5 heteroatoms. The molecule has 2 heterocycles. The van der Waals surface area contributed by atoms with Gasteiger partial charge in [0.2, 0.25) is 0 Å². The molecule has 0 saturated heterocycles. The molecule has 0 radical (unpaired) electrons.